The minimum atomic E-state index is 0.908. The van der Waals surface area contributed by atoms with Crippen molar-refractivity contribution in [1.82, 2.24) is 0 Å². The molecule has 0 radical (unpaired) electrons. The van der Waals surface area contributed by atoms with Gasteiger partial charge >= 0.3 is 0 Å². The predicted octanol–water partition coefficient (Wildman–Crippen LogP) is 4.11. The zero-order valence-electron chi connectivity index (χ0n) is 11.7. The molecule has 0 amide bonds. The van der Waals surface area contributed by atoms with E-state index in [4.69, 9.17) is 4.74 Å². The molecular weight excluding hydrogens is 234 g/mol. The second-order valence-corrected chi connectivity index (χ2v) is 4.61. The Morgan fingerprint density at radius 3 is 2.21 bits per heavy atom. The highest BCUT2D eigenvalue weighted by Gasteiger charge is 2.06. The van der Waals surface area contributed by atoms with Crippen molar-refractivity contribution in [3.8, 4) is 5.75 Å². The van der Waals surface area contributed by atoms with E-state index in [9.17, 15) is 0 Å². The van der Waals surface area contributed by atoms with Gasteiger partial charge in [0, 0.05) is 18.8 Å². The van der Waals surface area contributed by atoms with E-state index in [1.807, 2.05) is 12.1 Å². The number of hydrogen-bond donors (Lipinski definition) is 0. The quantitative estimate of drug-likeness (QED) is 0.770. The summed E-state index contributed by atoms with van der Waals surface area (Å²) in [4.78, 5) is 2.40. The van der Waals surface area contributed by atoms with Crippen molar-refractivity contribution < 1.29 is 4.74 Å². The van der Waals surface area contributed by atoms with E-state index in [0.717, 1.165) is 25.3 Å². The van der Waals surface area contributed by atoms with Crippen LogP contribution >= 0.6 is 0 Å². The Hall–Kier alpha value is -1.96. The third-order valence-electron chi connectivity index (χ3n) is 3.15. The zero-order chi connectivity index (χ0) is 13.5. The van der Waals surface area contributed by atoms with E-state index in [1.165, 1.54) is 11.3 Å². The lowest BCUT2D eigenvalue weighted by Crippen LogP contribution is -2.23. The maximum atomic E-state index is 5.19. The average molecular weight is 255 g/mol. The topological polar surface area (TPSA) is 12.5 Å². The molecule has 0 saturated heterocycles. The van der Waals surface area contributed by atoms with Crippen LogP contribution in [0.3, 0.4) is 0 Å². The Kier molecular flexibility index (Phi) is 4.85. The first-order valence-corrected chi connectivity index (χ1v) is 6.76. The minimum Gasteiger partial charge on any atom is -0.497 e. The van der Waals surface area contributed by atoms with Crippen LogP contribution in [0.1, 0.15) is 18.9 Å². The van der Waals surface area contributed by atoms with Gasteiger partial charge in [-0.05, 0) is 36.2 Å². The van der Waals surface area contributed by atoms with Crippen molar-refractivity contribution in [3.05, 3.63) is 60.2 Å². The molecule has 0 aliphatic rings. The normalized spacial score (nSPS) is 10.2. The lowest BCUT2D eigenvalue weighted by Gasteiger charge is -2.24. The second-order valence-electron chi connectivity index (χ2n) is 4.61. The molecule has 0 N–H and O–H groups in total. The van der Waals surface area contributed by atoms with Crippen LogP contribution in [0, 0.1) is 0 Å². The third-order valence-corrected chi connectivity index (χ3v) is 3.15. The Morgan fingerprint density at radius 2 is 1.63 bits per heavy atom. The first-order chi connectivity index (χ1) is 9.33. The Bertz CT molecular complexity index is 478. The van der Waals surface area contributed by atoms with E-state index >= 15 is 0 Å². The van der Waals surface area contributed by atoms with Gasteiger partial charge in [0.15, 0.2) is 0 Å². The number of methoxy groups -OCH3 is 1. The minimum absolute atomic E-state index is 0.908. The maximum Gasteiger partial charge on any atom is 0.118 e. The molecule has 0 aliphatic heterocycles. The number of nitrogens with zero attached hydrogens (tertiary/aromatic N) is 1. The van der Waals surface area contributed by atoms with E-state index < -0.39 is 0 Å². The summed E-state index contributed by atoms with van der Waals surface area (Å²) in [5.74, 6) is 0.908. The fraction of sp³-hybridized carbons (Fsp3) is 0.294. The molecule has 0 fully saturated rings. The largest absolute Gasteiger partial charge is 0.497 e. The van der Waals surface area contributed by atoms with Crippen molar-refractivity contribution in [1.29, 1.82) is 0 Å². The summed E-state index contributed by atoms with van der Waals surface area (Å²) < 4.78 is 5.19. The lowest BCUT2D eigenvalue weighted by molar-refractivity contribution is 0.414. The van der Waals surface area contributed by atoms with E-state index in [2.05, 4.69) is 54.3 Å². The van der Waals surface area contributed by atoms with Gasteiger partial charge in [-0.1, -0.05) is 37.3 Å². The molecule has 2 rings (SSSR count). The summed E-state index contributed by atoms with van der Waals surface area (Å²) >= 11 is 0. The van der Waals surface area contributed by atoms with Gasteiger partial charge in [-0.2, -0.15) is 0 Å². The Balaban J connectivity index is 2.11. The van der Waals surface area contributed by atoms with Gasteiger partial charge in [-0.25, -0.2) is 0 Å². The molecule has 2 aromatic carbocycles. The van der Waals surface area contributed by atoms with E-state index in [-0.39, 0.29) is 0 Å². The first kappa shape index (κ1) is 13.5. The molecule has 19 heavy (non-hydrogen) atoms. The number of benzene rings is 2. The van der Waals surface area contributed by atoms with E-state index in [1.54, 1.807) is 7.11 Å². The predicted molar refractivity (Wildman–Crippen MR) is 80.8 cm³/mol. The zero-order valence-corrected chi connectivity index (χ0v) is 11.7. The maximum absolute atomic E-state index is 5.19. The third kappa shape index (κ3) is 3.75. The number of para-hydroxylation sites is 1. The summed E-state index contributed by atoms with van der Waals surface area (Å²) in [5, 5.41) is 0. The fourth-order valence-corrected chi connectivity index (χ4v) is 2.16. The van der Waals surface area contributed by atoms with Crippen LogP contribution in [0.15, 0.2) is 54.6 Å². The molecule has 100 valence electrons. The van der Waals surface area contributed by atoms with Gasteiger partial charge in [0.2, 0.25) is 0 Å². The molecule has 0 aliphatic carbocycles. The summed E-state index contributed by atoms with van der Waals surface area (Å²) in [6.45, 7) is 4.21. The molecule has 2 nitrogen and oxygen atoms in total. The van der Waals surface area contributed by atoms with Gasteiger partial charge in [0.1, 0.15) is 5.75 Å². The monoisotopic (exact) mass is 255 g/mol. The molecule has 0 saturated carbocycles. The SMILES string of the molecule is CCCN(Cc1ccc(OC)cc1)c1ccccc1. The van der Waals surface area contributed by atoms with Crippen molar-refractivity contribution in [2.75, 3.05) is 18.6 Å². The molecule has 0 bridgehead atoms. The smallest absolute Gasteiger partial charge is 0.118 e. The molecule has 0 atom stereocenters. The van der Waals surface area contributed by atoms with Crippen molar-refractivity contribution in [2.45, 2.75) is 19.9 Å². The second kappa shape index (κ2) is 6.83. The van der Waals surface area contributed by atoms with Gasteiger partial charge in [-0.3, -0.25) is 0 Å². The van der Waals surface area contributed by atoms with Crippen molar-refractivity contribution >= 4 is 5.69 Å². The molecule has 0 unspecified atom stereocenters. The lowest BCUT2D eigenvalue weighted by atomic mass is 10.2. The van der Waals surface area contributed by atoms with Gasteiger partial charge in [0.25, 0.3) is 0 Å². The number of anilines is 1. The summed E-state index contributed by atoms with van der Waals surface area (Å²) in [6, 6.07) is 18.9. The van der Waals surface area contributed by atoms with Gasteiger partial charge < -0.3 is 9.64 Å². The van der Waals surface area contributed by atoms with Crippen LogP contribution in [-0.4, -0.2) is 13.7 Å². The Morgan fingerprint density at radius 1 is 0.947 bits per heavy atom. The van der Waals surface area contributed by atoms with E-state index in [0.29, 0.717) is 0 Å². The molecule has 2 aromatic rings. The molecule has 2 heteroatoms. The van der Waals surface area contributed by atoms with Crippen LogP contribution in [0.2, 0.25) is 0 Å². The highest BCUT2D eigenvalue weighted by molar-refractivity contribution is 5.46. The summed E-state index contributed by atoms with van der Waals surface area (Å²) in [6.07, 6.45) is 1.14. The highest BCUT2D eigenvalue weighted by atomic mass is 16.5. The molecular formula is C17H21NO. The highest BCUT2D eigenvalue weighted by Crippen LogP contribution is 2.18. The van der Waals surface area contributed by atoms with Crippen LogP contribution in [0.5, 0.6) is 5.75 Å². The summed E-state index contributed by atoms with van der Waals surface area (Å²) in [5.41, 5.74) is 2.58. The molecule has 0 aromatic heterocycles. The van der Waals surface area contributed by atoms with Crippen LogP contribution in [-0.2, 0) is 6.54 Å². The number of rotatable bonds is 6. The number of ether oxygens (including phenoxy) is 1. The van der Waals surface area contributed by atoms with Crippen LogP contribution in [0.4, 0.5) is 5.69 Å². The van der Waals surface area contributed by atoms with Crippen LogP contribution in [0.25, 0.3) is 0 Å². The Labute approximate surface area is 115 Å². The van der Waals surface area contributed by atoms with Crippen LogP contribution < -0.4 is 9.64 Å². The standard InChI is InChI=1S/C17H21NO/c1-3-13-18(16-7-5-4-6-8-16)14-15-9-11-17(19-2)12-10-15/h4-12H,3,13-14H2,1-2H3. The molecule has 0 heterocycles. The van der Waals surface area contributed by atoms with Crippen molar-refractivity contribution in [3.63, 3.8) is 0 Å². The van der Waals surface area contributed by atoms with Gasteiger partial charge in [0.05, 0.1) is 7.11 Å². The molecule has 0 spiro atoms. The first-order valence-electron chi connectivity index (χ1n) is 6.76. The van der Waals surface area contributed by atoms with Crippen molar-refractivity contribution in [2.24, 2.45) is 0 Å². The fourth-order valence-electron chi connectivity index (χ4n) is 2.16. The van der Waals surface area contributed by atoms with Gasteiger partial charge in [-0.15, -0.1) is 0 Å². The summed E-state index contributed by atoms with van der Waals surface area (Å²) in [7, 11) is 1.70. The average Bonchev–Trinajstić information content (AvgIpc) is 2.48. The number of hydrogen-bond acceptors (Lipinski definition) is 2.